The second kappa shape index (κ2) is 11.1. The Hall–Kier alpha value is -2.82. The maximum absolute atomic E-state index is 13.0. The van der Waals surface area contributed by atoms with Crippen LogP contribution in [0.15, 0.2) is 72.8 Å². The molecule has 5 rings (SSSR count). The van der Waals surface area contributed by atoms with Gasteiger partial charge in [-0.1, -0.05) is 67.9 Å². The minimum absolute atomic E-state index is 0.00587. The predicted molar refractivity (Wildman–Crippen MR) is 145 cm³/mol. The standard InChI is InChI=1S/C31H34ClNO3/c1-21(2)28-18-25(23-9-5-12-26(32)16-23)19-36-31(28)24-10-6-13-27(17-24)35-20-30(34)33-15-7-11-22-8-3-4-14-29(22)33/h3-6,8-10,12-14,16-17,21,25,28,31H,7,11,15,18-20H2,1-2H3/t25-,28-,31-/m0/s1. The topological polar surface area (TPSA) is 38.8 Å². The molecular weight excluding hydrogens is 470 g/mol. The molecule has 0 N–H and O–H groups in total. The van der Waals surface area contributed by atoms with Crippen molar-refractivity contribution in [2.24, 2.45) is 11.8 Å². The number of carbonyl (C=O) groups excluding carboxylic acids is 1. The van der Waals surface area contributed by atoms with E-state index >= 15 is 0 Å². The molecule has 0 radical (unpaired) electrons. The first-order valence-electron chi connectivity index (χ1n) is 13.0. The first-order chi connectivity index (χ1) is 17.5. The van der Waals surface area contributed by atoms with Crippen molar-refractivity contribution in [2.45, 2.75) is 45.1 Å². The van der Waals surface area contributed by atoms with E-state index in [4.69, 9.17) is 21.1 Å². The van der Waals surface area contributed by atoms with Crippen molar-refractivity contribution in [3.05, 3.63) is 94.5 Å². The van der Waals surface area contributed by atoms with E-state index in [1.54, 1.807) is 0 Å². The highest BCUT2D eigenvalue weighted by atomic mass is 35.5. The van der Waals surface area contributed by atoms with E-state index in [0.717, 1.165) is 42.1 Å². The number of para-hydroxylation sites is 1. The molecule has 3 aromatic carbocycles. The van der Waals surface area contributed by atoms with Gasteiger partial charge in [0.05, 0.1) is 12.7 Å². The van der Waals surface area contributed by atoms with Crippen molar-refractivity contribution in [1.82, 2.24) is 0 Å². The zero-order valence-electron chi connectivity index (χ0n) is 21.0. The van der Waals surface area contributed by atoms with Gasteiger partial charge >= 0.3 is 0 Å². The van der Waals surface area contributed by atoms with Crippen LogP contribution in [0.25, 0.3) is 0 Å². The average Bonchev–Trinajstić information content (AvgIpc) is 2.91. The summed E-state index contributed by atoms with van der Waals surface area (Å²) in [6.45, 7) is 5.94. The third kappa shape index (κ3) is 5.45. The number of hydrogen-bond donors (Lipinski definition) is 0. The van der Waals surface area contributed by atoms with Gasteiger partial charge in [-0.25, -0.2) is 0 Å². The SMILES string of the molecule is CC(C)[C@@H]1C[C@H](c2cccc(Cl)c2)CO[C@H]1c1cccc(OCC(=O)N2CCCc3ccccc32)c1. The average molecular weight is 504 g/mol. The summed E-state index contributed by atoms with van der Waals surface area (Å²) >= 11 is 6.25. The molecule has 1 fully saturated rings. The number of nitrogens with zero attached hydrogens (tertiary/aromatic N) is 1. The molecule has 0 aliphatic carbocycles. The minimum Gasteiger partial charge on any atom is -0.484 e. The van der Waals surface area contributed by atoms with Crippen molar-refractivity contribution >= 4 is 23.2 Å². The van der Waals surface area contributed by atoms with Crippen LogP contribution in [-0.4, -0.2) is 25.7 Å². The van der Waals surface area contributed by atoms with Crippen LogP contribution < -0.4 is 9.64 Å². The van der Waals surface area contributed by atoms with Crippen LogP contribution in [0.2, 0.25) is 5.02 Å². The fraction of sp³-hybridized carbons (Fsp3) is 0.387. The van der Waals surface area contributed by atoms with Gasteiger partial charge in [0.15, 0.2) is 6.61 Å². The van der Waals surface area contributed by atoms with Gasteiger partial charge in [0.2, 0.25) is 0 Å². The van der Waals surface area contributed by atoms with Crippen molar-refractivity contribution in [2.75, 3.05) is 24.7 Å². The molecule has 5 heteroatoms. The summed E-state index contributed by atoms with van der Waals surface area (Å²) < 4.78 is 12.5. The highest BCUT2D eigenvalue weighted by molar-refractivity contribution is 6.30. The summed E-state index contributed by atoms with van der Waals surface area (Å²) in [7, 11) is 0. The molecule has 1 saturated heterocycles. The van der Waals surface area contributed by atoms with Crippen LogP contribution in [-0.2, 0) is 16.0 Å². The lowest BCUT2D eigenvalue weighted by Gasteiger charge is -2.39. The molecule has 0 spiro atoms. The lowest BCUT2D eigenvalue weighted by molar-refractivity contribution is -0.120. The Balaban J connectivity index is 1.26. The summed E-state index contributed by atoms with van der Waals surface area (Å²) in [5.74, 6) is 1.85. The molecule has 1 amide bonds. The fourth-order valence-corrected chi connectivity index (χ4v) is 5.82. The molecule has 2 aliphatic heterocycles. The second-order valence-electron chi connectivity index (χ2n) is 10.3. The van der Waals surface area contributed by atoms with Crippen molar-refractivity contribution in [1.29, 1.82) is 0 Å². The summed E-state index contributed by atoms with van der Waals surface area (Å²) in [6, 6.07) is 24.3. The van der Waals surface area contributed by atoms with Gasteiger partial charge < -0.3 is 14.4 Å². The molecule has 2 heterocycles. The quantitative estimate of drug-likeness (QED) is 0.356. The maximum Gasteiger partial charge on any atom is 0.264 e. The summed E-state index contributed by atoms with van der Waals surface area (Å²) in [6.07, 6.45) is 3.03. The largest absolute Gasteiger partial charge is 0.484 e. The second-order valence-corrected chi connectivity index (χ2v) is 10.7. The Bertz CT molecular complexity index is 1210. The normalized spacial score (nSPS) is 21.8. The van der Waals surface area contributed by atoms with E-state index in [0.29, 0.717) is 30.1 Å². The molecule has 2 aliphatic rings. The Kier molecular flexibility index (Phi) is 7.64. The highest BCUT2D eigenvalue weighted by Crippen LogP contribution is 2.44. The van der Waals surface area contributed by atoms with Gasteiger partial charge in [-0.15, -0.1) is 0 Å². The van der Waals surface area contributed by atoms with Gasteiger partial charge in [0.1, 0.15) is 5.75 Å². The number of benzene rings is 3. The zero-order valence-corrected chi connectivity index (χ0v) is 21.8. The number of anilines is 1. The highest BCUT2D eigenvalue weighted by Gasteiger charge is 2.35. The number of ether oxygens (including phenoxy) is 2. The third-order valence-electron chi connectivity index (χ3n) is 7.56. The lowest BCUT2D eigenvalue weighted by Crippen LogP contribution is -2.38. The van der Waals surface area contributed by atoms with Gasteiger partial charge in [0, 0.05) is 23.2 Å². The number of aryl methyl sites for hydroxylation is 1. The van der Waals surface area contributed by atoms with Gasteiger partial charge in [-0.3, -0.25) is 4.79 Å². The van der Waals surface area contributed by atoms with Crippen molar-refractivity contribution < 1.29 is 14.3 Å². The lowest BCUT2D eigenvalue weighted by atomic mass is 9.76. The number of amides is 1. The smallest absolute Gasteiger partial charge is 0.264 e. The predicted octanol–water partition coefficient (Wildman–Crippen LogP) is 7.22. The van der Waals surface area contributed by atoms with E-state index in [2.05, 4.69) is 38.1 Å². The van der Waals surface area contributed by atoms with E-state index in [1.165, 1.54) is 11.1 Å². The summed E-state index contributed by atoms with van der Waals surface area (Å²) in [5, 5.41) is 0.767. The van der Waals surface area contributed by atoms with Crippen molar-refractivity contribution in [3.8, 4) is 5.75 Å². The number of rotatable bonds is 6. The number of carbonyl (C=O) groups is 1. The number of hydrogen-bond acceptors (Lipinski definition) is 3. The van der Waals surface area contributed by atoms with E-state index in [-0.39, 0.29) is 18.6 Å². The molecule has 3 aromatic rings. The molecule has 36 heavy (non-hydrogen) atoms. The first kappa shape index (κ1) is 24.9. The Morgan fingerprint density at radius 2 is 1.86 bits per heavy atom. The van der Waals surface area contributed by atoms with Gasteiger partial charge in [-0.2, -0.15) is 0 Å². The first-order valence-corrected chi connectivity index (χ1v) is 13.4. The summed E-state index contributed by atoms with van der Waals surface area (Å²) in [4.78, 5) is 14.9. The van der Waals surface area contributed by atoms with Crippen LogP contribution in [0, 0.1) is 11.8 Å². The Labute approximate surface area is 219 Å². The fourth-order valence-electron chi connectivity index (χ4n) is 5.62. The molecule has 0 unspecified atom stereocenters. The van der Waals surface area contributed by atoms with E-state index < -0.39 is 0 Å². The molecule has 188 valence electrons. The molecule has 0 aromatic heterocycles. The van der Waals surface area contributed by atoms with Gasteiger partial charge in [-0.05, 0) is 78.1 Å². The van der Waals surface area contributed by atoms with Gasteiger partial charge in [0.25, 0.3) is 5.91 Å². The van der Waals surface area contributed by atoms with Crippen LogP contribution in [0.4, 0.5) is 5.69 Å². The molecular formula is C31H34ClNO3. The maximum atomic E-state index is 13.0. The number of halogens is 1. The van der Waals surface area contributed by atoms with E-state index in [9.17, 15) is 4.79 Å². The molecule has 0 bridgehead atoms. The number of fused-ring (bicyclic) bond motifs is 1. The van der Waals surface area contributed by atoms with Crippen LogP contribution in [0.3, 0.4) is 0 Å². The third-order valence-corrected chi connectivity index (χ3v) is 7.79. The zero-order chi connectivity index (χ0) is 25.1. The van der Waals surface area contributed by atoms with Crippen LogP contribution in [0.5, 0.6) is 5.75 Å². The monoisotopic (exact) mass is 503 g/mol. The van der Waals surface area contributed by atoms with Crippen LogP contribution >= 0.6 is 11.6 Å². The van der Waals surface area contributed by atoms with Crippen LogP contribution in [0.1, 0.15) is 55.4 Å². The molecule has 0 saturated carbocycles. The summed E-state index contributed by atoms with van der Waals surface area (Å²) in [5.41, 5.74) is 4.58. The molecule has 3 atom stereocenters. The van der Waals surface area contributed by atoms with Crippen molar-refractivity contribution in [3.63, 3.8) is 0 Å². The Morgan fingerprint density at radius 3 is 2.69 bits per heavy atom. The minimum atomic E-state index is -0.00844. The van der Waals surface area contributed by atoms with E-state index in [1.807, 2.05) is 53.4 Å². The Morgan fingerprint density at radius 1 is 1.06 bits per heavy atom. The molecule has 4 nitrogen and oxygen atoms in total.